The first-order valence-corrected chi connectivity index (χ1v) is 9.34. The largest absolute Gasteiger partial charge is 0.328 e. The first kappa shape index (κ1) is 19.6. The van der Waals surface area contributed by atoms with Gasteiger partial charge in [0.15, 0.2) is 0 Å². The van der Waals surface area contributed by atoms with Gasteiger partial charge < -0.3 is 15.1 Å². The monoisotopic (exact) mass is 379 g/mol. The maximum atomic E-state index is 12.5. The van der Waals surface area contributed by atoms with Gasteiger partial charge in [-0.1, -0.05) is 35.9 Å². The Hall–Kier alpha value is -3.15. The van der Waals surface area contributed by atoms with Crippen molar-refractivity contribution < 1.29 is 14.4 Å². The molecule has 28 heavy (non-hydrogen) atoms. The minimum absolute atomic E-state index is 0.129. The number of piperazine rings is 1. The Balaban J connectivity index is 1.59. The van der Waals surface area contributed by atoms with Gasteiger partial charge in [0.25, 0.3) is 0 Å². The highest BCUT2D eigenvalue weighted by atomic mass is 16.2. The van der Waals surface area contributed by atoms with E-state index in [4.69, 9.17) is 0 Å². The van der Waals surface area contributed by atoms with Gasteiger partial charge in [-0.2, -0.15) is 0 Å². The third-order valence-corrected chi connectivity index (χ3v) is 4.69. The van der Waals surface area contributed by atoms with E-state index in [2.05, 4.69) is 5.32 Å². The molecule has 1 saturated heterocycles. The van der Waals surface area contributed by atoms with Crippen LogP contribution in [0.2, 0.25) is 0 Å². The lowest BCUT2D eigenvalue weighted by atomic mass is 10.1. The molecule has 1 aliphatic rings. The Kier molecular flexibility index (Phi) is 5.78. The van der Waals surface area contributed by atoms with E-state index in [0.717, 1.165) is 22.3 Å². The van der Waals surface area contributed by atoms with Crippen molar-refractivity contribution in [2.45, 2.75) is 27.3 Å². The molecule has 0 atom stereocenters. The summed E-state index contributed by atoms with van der Waals surface area (Å²) >= 11 is 0. The Morgan fingerprint density at radius 2 is 1.54 bits per heavy atom. The molecule has 3 rings (SSSR count). The zero-order valence-electron chi connectivity index (χ0n) is 16.5. The molecule has 1 aliphatic heterocycles. The predicted octanol–water partition coefficient (Wildman–Crippen LogP) is 2.42. The van der Waals surface area contributed by atoms with Crippen molar-refractivity contribution >= 4 is 23.4 Å². The fourth-order valence-electron chi connectivity index (χ4n) is 3.47. The highest BCUT2D eigenvalue weighted by Crippen LogP contribution is 2.15. The number of aryl methyl sites for hydroxylation is 3. The second-order valence-electron chi connectivity index (χ2n) is 7.37. The van der Waals surface area contributed by atoms with Crippen molar-refractivity contribution in [1.29, 1.82) is 0 Å². The van der Waals surface area contributed by atoms with Crippen molar-refractivity contribution in [1.82, 2.24) is 9.80 Å². The van der Waals surface area contributed by atoms with E-state index in [0.29, 0.717) is 25.3 Å². The number of amides is 3. The van der Waals surface area contributed by atoms with Crippen molar-refractivity contribution in [2.75, 3.05) is 25.0 Å². The summed E-state index contributed by atoms with van der Waals surface area (Å²) in [4.78, 5) is 40.1. The minimum atomic E-state index is -0.630. The second kappa shape index (κ2) is 8.25. The summed E-state index contributed by atoms with van der Waals surface area (Å²) < 4.78 is 0. The number of nitrogens with one attached hydrogen (secondary N) is 1. The number of anilines is 1. The van der Waals surface area contributed by atoms with Crippen LogP contribution in [0.3, 0.4) is 0 Å². The van der Waals surface area contributed by atoms with E-state index in [-0.39, 0.29) is 12.5 Å². The van der Waals surface area contributed by atoms with Crippen LogP contribution in [0.5, 0.6) is 0 Å². The number of carbonyl (C=O) groups is 3. The average Bonchev–Trinajstić information content (AvgIpc) is 2.60. The molecule has 146 valence electrons. The third kappa shape index (κ3) is 4.76. The van der Waals surface area contributed by atoms with Gasteiger partial charge in [-0.05, 0) is 49.6 Å². The van der Waals surface area contributed by atoms with Crippen LogP contribution in [0, 0.1) is 20.8 Å². The number of carbonyl (C=O) groups excluding carboxylic acids is 3. The molecule has 1 fully saturated rings. The molecule has 0 unspecified atom stereocenters. The molecule has 2 aromatic carbocycles. The van der Waals surface area contributed by atoms with E-state index in [1.54, 1.807) is 0 Å². The summed E-state index contributed by atoms with van der Waals surface area (Å²) in [5, 5.41) is 2.81. The average molecular weight is 379 g/mol. The standard InChI is InChI=1S/C22H25N3O3/c1-15-5-4-6-18(10-15)13-24-7-8-25(22(28)21(24)27)14-20(26)23-19-11-16(2)9-17(3)12-19/h4-6,9-12H,7-8,13-14H2,1-3H3,(H,23,26). The lowest BCUT2D eigenvalue weighted by Gasteiger charge is -2.33. The molecular weight excluding hydrogens is 354 g/mol. The van der Waals surface area contributed by atoms with Gasteiger partial charge in [-0.3, -0.25) is 14.4 Å². The summed E-state index contributed by atoms with van der Waals surface area (Å²) in [5.74, 6) is -1.50. The van der Waals surface area contributed by atoms with Crippen molar-refractivity contribution in [3.8, 4) is 0 Å². The van der Waals surface area contributed by atoms with Crippen LogP contribution in [0.15, 0.2) is 42.5 Å². The highest BCUT2D eigenvalue weighted by Gasteiger charge is 2.33. The first-order valence-electron chi connectivity index (χ1n) is 9.34. The number of nitrogens with zero attached hydrogens (tertiary/aromatic N) is 2. The van der Waals surface area contributed by atoms with Gasteiger partial charge >= 0.3 is 11.8 Å². The molecule has 0 radical (unpaired) electrons. The van der Waals surface area contributed by atoms with Gasteiger partial charge in [0, 0.05) is 25.3 Å². The highest BCUT2D eigenvalue weighted by molar-refractivity contribution is 6.35. The Bertz CT molecular complexity index is 903. The van der Waals surface area contributed by atoms with Crippen LogP contribution in [-0.4, -0.2) is 47.2 Å². The quantitative estimate of drug-likeness (QED) is 0.811. The number of rotatable bonds is 5. The zero-order valence-corrected chi connectivity index (χ0v) is 16.5. The van der Waals surface area contributed by atoms with Crippen LogP contribution in [0.1, 0.15) is 22.3 Å². The molecule has 2 aromatic rings. The first-order chi connectivity index (χ1) is 13.3. The van der Waals surface area contributed by atoms with Crippen molar-refractivity contribution in [3.05, 3.63) is 64.7 Å². The van der Waals surface area contributed by atoms with Crippen LogP contribution in [-0.2, 0) is 20.9 Å². The van der Waals surface area contributed by atoms with E-state index in [1.807, 2.05) is 63.2 Å². The number of benzene rings is 2. The molecule has 3 amide bonds. The lowest BCUT2D eigenvalue weighted by Crippen LogP contribution is -2.55. The summed E-state index contributed by atoms with van der Waals surface area (Å²) in [7, 11) is 0. The van der Waals surface area contributed by atoms with Gasteiger partial charge in [-0.25, -0.2) is 0 Å². The smallest absolute Gasteiger partial charge is 0.312 e. The number of hydrogen-bond donors (Lipinski definition) is 1. The normalized spacial score (nSPS) is 14.4. The topological polar surface area (TPSA) is 69.7 Å². The van der Waals surface area contributed by atoms with Crippen LogP contribution in [0.25, 0.3) is 0 Å². The van der Waals surface area contributed by atoms with Gasteiger partial charge in [0.05, 0.1) is 0 Å². The molecule has 0 saturated carbocycles. The Morgan fingerprint density at radius 1 is 0.893 bits per heavy atom. The van der Waals surface area contributed by atoms with E-state index < -0.39 is 11.8 Å². The Labute approximate surface area is 165 Å². The molecule has 1 heterocycles. The fraction of sp³-hybridized carbons (Fsp3) is 0.318. The van der Waals surface area contributed by atoms with E-state index in [1.165, 1.54) is 9.80 Å². The Morgan fingerprint density at radius 3 is 2.21 bits per heavy atom. The molecule has 0 spiro atoms. The van der Waals surface area contributed by atoms with Gasteiger partial charge in [0.1, 0.15) is 6.54 Å². The maximum absolute atomic E-state index is 12.5. The fourth-order valence-corrected chi connectivity index (χ4v) is 3.47. The predicted molar refractivity (Wildman–Crippen MR) is 108 cm³/mol. The summed E-state index contributed by atoms with van der Waals surface area (Å²) in [6, 6.07) is 13.6. The minimum Gasteiger partial charge on any atom is -0.328 e. The second-order valence-corrected chi connectivity index (χ2v) is 7.37. The van der Waals surface area contributed by atoms with Crippen molar-refractivity contribution in [2.24, 2.45) is 0 Å². The third-order valence-electron chi connectivity index (χ3n) is 4.69. The molecule has 6 nitrogen and oxygen atoms in total. The molecule has 6 heteroatoms. The number of hydrogen-bond acceptors (Lipinski definition) is 3. The van der Waals surface area contributed by atoms with Crippen LogP contribution >= 0.6 is 0 Å². The van der Waals surface area contributed by atoms with Crippen LogP contribution in [0.4, 0.5) is 5.69 Å². The van der Waals surface area contributed by atoms with E-state index >= 15 is 0 Å². The van der Waals surface area contributed by atoms with Crippen LogP contribution < -0.4 is 5.32 Å². The molecule has 0 aromatic heterocycles. The SMILES string of the molecule is Cc1cccc(CN2CCN(CC(=O)Nc3cc(C)cc(C)c3)C(=O)C2=O)c1. The zero-order chi connectivity index (χ0) is 20.3. The lowest BCUT2D eigenvalue weighted by molar-refractivity contribution is -0.157. The molecule has 0 bridgehead atoms. The summed E-state index contributed by atoms with van der Waals surface area (Å²) in [5.41, 5.74) is 4.89. The maximum Gasteiger partial charge on any atom is 0.312 e. The molecule has 1 N–H and O–H groups in total. The summed E-state index contributed by atoms with van der Waals surface area (Å²) in [6.07, 6.45) is 0. The summed E-state index contributed by atoms with van der Waals surface area (Å²) in [6.45, 7) is 6.93. The molecule has 0 aliphatic carbocycles. The van der Waals surface area contributed by atoms with E-state index in [9.17, 15) is 14.4 Å². The van der Waals surface area contributed by atoms with Gasteiger partial charge in [0.2, 0.25) is 5.91 Å². The molecular formula is C22H25N3O3. The van der Waals surface area contributed by atoms with Crippen molar-refractivity contribution in [3.63, 3.8) is 0 Å². The van der Waals surface area contributed by atoms with Gasteiger partial charge in [-0.15, -0.1) is 0 Å².